The van der Waals surface area contributed by atoms with E-state index in [0.29, 0.717) is 6.61 Å². The molecule has 16 heavy (non-hydrogen) atoms. The van der Waals surface area contributed by atoms with Crippen LogP contribution in [-0.4, -0.2) is 24.1 Å². The summed E-state index contributed by atoms with van der Waals surface area (Å²) >= 11 is 5.45. The maximum atomic E-state index is 11.1. The van der Waals surface area contributed by atoms with Crippen molar-refractivity contribution in [2.24, 2.45) is 0 Å². The summed E-state index contributed by atoms with van der Waals surface area (Å²) in [4.78, 5) is 20.9. The average Bonchev–Trinajstić information content (AvgIpc) is 2.10. The molecule has 6 heteroatoms. The van der Waals surface area contributed by atoms with Gasteiger partial charge in [-0.1, -0.05) is 24.9 Å². The zero-order valence-electron chi connectivity index (χ0n) is 10.1. The molecule has 0 fully saturated rings. The molecule has 1 atom stereocenters. The molecular formula is C10H19ClO5. The summed E-state index contributed by atoms with van der Waals surface area (Å²) in [6.45, 7) is 7.07. The minimum atomic E-state index is -1.20. The summed E-state index contributed by atoms with van der Waals surface area (Å²) in [6, 6.07) is 0. The largest absolute Gasteiger partial charge is 0.512 e. The Balaban J connectivity index is 3.80. The fourth-order valence-corrected chi connectivity index (χ4v) is 0.834. The molecule has 0 saturated heterocycles. The van der Waals surface area contributed by atoms with Gasteiger partial charge < -0.3 is 9.47 Å². The Morgan fingerprint density at radius 1 is 1.44 bits per heavy atom. The van der Waals surface area contributed by atoms with E-state index < -0.39 is 17.5 Å². The molecule has 0 amide bonds. The SMILES string of the molecule is CCCCOOC(C)(C)OC(=O)OC(C)Cl. The minimum Gasteiger partial charge on any atom is -0.415 e. The van der Waals surface area contributed by atoms with Crippen LogP contribution in [-0.2, 0) is 19.2 Å². The van der Waals surface area contributed by atoms with Gasteiger partial charge in [0.2, 0.25) is 5.79 Å². The highest BCUT2D eigenvalue weighted by Gasteiger charge is 2.26. The highest BCUT2D eigenvalue weighted by Crippen LogP contribution is 2.14. The van der Waals surface area contributed by atoms with Gasteiger partial charge in [-0.2, -0.15) is 4.89 Å². The summed E-state index contributed by atoms with van der Waals surface area (Å²) < 4.78 is 9.42. The van der Waals surface area contributed by atoms with Gasteiger partial charge in [0.25, 0.3) is 0 Å². The number of hydrogen-bond acceptors (Lipinski definition) is 5. The second-order valence-corrected chi connectivity index (χ2v) is 4.29. The van der Waals surface area contributed by atoms with E-state index in [2.05, 4.69) is 4.74 Å². The van der Waals surface area contributed by atoms with Crippen molar-refractivity contribution in [2.45, 2.75) is 51.9 Å². The summed E-state index contributed by atoms with van der Waals surface area (Å²) in [5.74, 6) is -1.20. The van der Waals surface area contributed by atoms with E-state index in [1.165, 1.54) is 6.92 Å². The highest BCUT2D eigenvalue weighted by atomic mass is 35.5. The van der Waals surface area contributed by atoms with Crippen molar-refractivity contribution < 1.29 is 24.0 Å². The van der Waals surface area contributed by atoms with Crippen molar-refractivity contribution >= 4 is 17.8 Å². The number of ether oxygens (including phenoxy) is 2. The van der Waals surface area contributed by atoms with Crippen molar-refractivity contribution in [3.05, 3.63) is 0 Å². The number of carbonyl (C=O) groups is 1. The average molecular weight is 255 g/mol. The molecule has 0 aliphatic rings. The lowest BCUT2D eigenvalue weighted by Crippen LogP contribution is -2.32. The van der Waals surface area contributed by atoms with Crippen LogP contribution in [0.1, 0.15) is 40.5 Å². The molecule has 5 nitrogen and oxygen atoms in total. The lowest BCUT2D eigenvalue weighted by molar-refractivity contribution is -0.407. The number of rotatable bonds is 7. The lowest BCUT2D eigenvalue weighted by atomic mass is 10.4. The summed E-state index contributed by atoms with van der Waals surface area (Å²) in [5, 5.41) is 0. The Bertz CT molecular complexity index is 205. The zero-order chi connectivity index (χ0) is 12.6. The molecule has 0 saturated carbocycles. The number of hydrogen-bond donors (Lipinski definition) is 0. The van der Waals surface area contributed by atoms with E-state index >= 15 is 0 Å². The van der Waals surface area contributed by atoms with Crippen molar-refractivity contribution in [3.8, 4) is 0 Å². The fourth-order valence-electron chi connectivity index (χ4n) is 0.761. The lowest BCUT2D eigenvalue weighted by Gasteiger charge is -2.23. The normalized spacial score (nSPS) is 13.3. The van der Waals surface area contributed by atoms with Crippen molar-refractivity contribution in [1.82, 2.24) is 0 Å². The predicted octanol–water partition coefficient (Wildman–Crippen LogP) is 3.21. The Morgan fingerprint density at radius 3 is 2.56 bits per heavy atom. The number of halogens is 1. The van der Waals surface area contributed by atoms with Gasteiger partial charge >= 0.3 is 6.16 Å². The maximum absolute atomic E-state index is 11.1. The second kappa shape index (κ2) is 7.70. The highest BCUT2D eigenvalue weighted by molar-refractivity contribution is 6.19. The molecular weight excluding hydrogens is 236 g/mol. The van der Waals surface area contributed by atoms with Crippen LogP contribution in [0.15, 0.2) is 0 Å². The van der Waals surface area contributed by atoms with Crippen LogP contribution in [0.3, 0.4) is 0 Å². The van der Waals surface area contributed by atoms with Gasteiger partial charge in [-0.15, -0.1) is 0 Å². The van der Waals surface area contributed by atoms with Crippen LogP contribution in [0.4, 0.5) is 4.79 Å². The van der Waals surface area contributed by atoms with Gasteiger partial charge in [0.1, 0.15) is 0 Å². The van der Waals surface area contributed by atoms with Crippen molar-refractivity contribution in [3.63, 3.8) is 0 Å². The van der Waals surface area contributed by atoms with Crippen LogP contribution in [0.5, 0.6) is 0 Å². The second-order valence-electron chi connectivity index (χ2n) is 3.67. The van der Waals surface area contributed by atoms with Crippen LogP contribution < -0.4 is 0 Å². The van der Waals surface area contributed by atoms with Crippen LogP contribution in [0.25, 0.3) is 0 Å². The third-order valence-corrected chi connectivity index (χ3v) is 1.52. The zero-order valence-corrected chi connectivity index (χ0v) is 10.9. The van der Waals surface area contributed by atoms with E-state index in [1.54, 1.807) is 13.8 Å². The first-order valence-corrected chi connectivity index (χ1v) is 5.65. The quantitative estimate of drug-likeness (QED) is 0.174. The third kappa shape index (κ3) is 8.76. The van der Waals surface area contributed by atoms with E-state index in [-0.39, 0.29) is 0 Å². The molecule has 1 unspecified atom stereocenters. The summed E-state index contributed by atoms with van der Waals surface area (Å²) in [5.41, 5.74) is -0.746. The van der Waals surface area contributed by atoms with E-state index in [9.17, 15) is 4.79 Å². The fraction of sp³-hybridized carbons (Fsp3) is 0.900. The van der Waals surface area contributed by atoms with Crippen molar-refractivity contribution in [2.75, 3.05) is 6.61 Å². The first-order chi connectivity index (χ1) is 7.37. The molecule has 96 valence electrons. The number of alkyl halides is 1. The molecule has 0 bridgehead atoms. The maximum Gasteiger partial charge on any atom is 0.512 e. The smallest absolute Gasteiger partial charge is 0.415 e. The Kier molecular flexibility index (Phi) is 7.45. The number of unbranched alkanes of at least 4 members (excludes halogenated alkanes) is 1. The molecule has 0 aromatic rings. The molecule has 0 radical (unpaired) electrons. The van der Waals surface area contributed by atoms with Gasteiger partial charge in [-0.05, 0) is 13.3 Å². The van der Waals surface area contributed by atoms with E-state index in [1.807, 2.05) is 6.92 Å². The Morgan fingerprint density at radius 2 is 2.06 bits per heavy atom. The topological polar surface area (TPSA) is 54.0 Å². The molecule has 0 N–H and O–H groups in total. The van der Waals surface area contributed by atoms with Gasteiger partial charge in [0.05, 0.1) is 6.61 Å². The van der Waals surface area contributed by atoms with Crippen molar-refractivity contribution in [1.29, 1.82) is 0 Å². The molecule has 0 rings (SSSR count). The Labute approximate surface area is 101 Å². The first kappa shape index (κ1) is 15.5. The van der Waals surface area contributed by atoms with Crippen LogP contribution >= 0.6 is 11.6 Å². The summed E-state index contributed by atoms with van der Waals surface area (Å²) in [7, 11) is 0. The molecule has 0 heterocycles. The van der Waals surface area contributed by atoms with Gasteiger partial charge in [-0.3, -0.25) is 0 Å². The first-order valence-electron chi connectivity index (χ1n) is 5.21. The third-order valence-electron chi connectivity index (χ3n) is 1.43. The van der Waals surface area contributed by atoms with Gasteiger partial charge in [0.15, 0.2) is 5.56 Å². The van der Waals surface area contributed by atoms with E-state index in [0.717, 1.165) is 12.8 Å². The van der Waals surface area contributed by atoms with Crippen LogP contribution in [0.2, 0.25) is 0 Å². The summed E-state index contributed by atoms with van der Waals surface area (Å²) in [6.07, 6.45) is 0.974. The molecule has 0 aromatic carbocycles. The Hall–Kier alpha value is -0.520. The molecule has 0 aliphatic carbocycles. The van der Waals surface area contributed by atoms with Gasteiger partial charge in [-0.25, -0.2) is 9.68 Å². The van der Waals surface area contributed by atoms with E-state index in [4.69, 9.17) is 26.1 Å². The monoisotopic (exact) mass is 254 g/mol. The minimum absolute atomic E-state index is 0.449. The standard InChI is InChI=1S/C10H19ClO5/c1-5-6-7-13-16-10(3,4)15-9(12)14-8(2)11/h8H,5-7H2,1-4H3. The predicted molar refractivity (Wildman–Crippen MR) is 58.9 cm³/mol. The molecule has 0 aromatic heterocycles. The molecule has 0 aliphatic heterocycles. The van der Waals surface area contributed by atoms with Gasteiger partial charge in [0, 0.05) is 13.8 Å². The van der Waals surface area contributed by atoms with Crippen LogP contribution in [0, 0.1) is 0 Å². The number of carbonyl (C=O) groups excluding carboxylic acids is 1. The molecule has 0 spiro atoms.